The summed E-state index contributed by atoms with van der Waals surface area (Å²) in [5.74, 6) is 0.0479. The van der Waals surface area contributed by atoms with Gasteiger partial charge in [0, 0.05) is 37.9 Å². The number of hydrogen-bond donors (Lipinski definition) is 1. The van der Waals surface area contributed by atoms with E-state index in [0.717, 1.165) is 39.0 Å². The molecule has 1 saturated heterocycles. The minimum absolute atomic E-state index is 0.0479. The van der Waals surface area contributed by atoms with E-state index in [1.54, 1.807) is 12.3 Å². The molecule has 1 amide bonds. The Morgan fingerprint density at radius 1 is 1.07 bits per heavy atom. The van der Waals surface area contributed by atoms with Crippen molar-refractivity contribution in [2.75, 3.05) is 19.6 Å². The van der Waals surface area contributed by atoms with Gasteiger partial charge in [-0.2, -0.15) is 10.3 Å². The number of fused-ring (bicyclic) bond motifs is 1. The minimum atomic E-state index is 0.0479. The van der Waals surface area contributed by atoms with Gasteiger partial charge in [-0.25, -0.2) is 4.98 Å². The molecule has 1 saturated carbocycles. The number of hydrogen-bond acceptors (Lipinski definition) is 5. The van der Waals surface area contributed by atoms with Crippen molar-refractivity contribution >= 4 is 17.1 Å². The lowest BCUT2D eigenvalue weighted by atomic mass is 9.78. The van der Waals surface area contributed by atoms with E-state index in [2.05, 4.69) is 55.6 Å². The van der Waals surface area contributed by atoms with Gasteiger partial charge in [-0.1, -0.05) is 49.6 Å². The van der Waals surface area contributed by atoms with Crippen molar-refractivity contribution in [1.29, 1.82) is 0 Å². The number of carbonyl (C=O) groups excluding carboxylic acids is 1. The van der Waals surface area contributed by atoms with Crippen LogP contribution in [0.3, 0.4) is 0 Å². The Bertz CT molecular complexity index is 995. The normalized spacial score (nSPS) is 19.7. The maximum atomic E-state index is 13.3. The molecule has 29 heavy (non-hydrogen) atoms. The van der Waals surface area contributed by atoms with Crippen LogP contribution in [0.1, 0.15) is 48.0 Å². The molecule has 150 valence electrons. The van der Waals surface area contributed by atoms with E-state index < -0.39 is 0 Å². The predicted molar refractivity (Wildman–Crippen MR) is 110 cm³/mol. The second-order valence-electron chi connectivity index (χ2n) is 8.31. The second-order valence-corrected chi connectivity index (χ2v) is 8.31. The van der Waals surface area contributed by atoms with Crippen LogP contribution in [0, 0.1) is 0 Å². The lowest BCUT2D eigenvalue weighted by Gasteiger charge is -2.53. The number of nitrogens with one attached hydrogen (secondary N) is 1. The molecular weight excluding hydrogens is 364 g/mol. The van der Waals surface area contributed by atoms with Gasteiger partial charge in [0.1, 0.15) is 5.52 Å². The molecule has 1 aliphatic carbocycles. The number of aromatic amines is 1. The van der Waals surface area contributed by atoms with Crippen molar-refractivity contribution in [2.24, 2.45) is 0 Å². The van der Waals surface area contributed by atoms with E-state index in [9.17, 15) is 4.79 Å². The molecule has 7 nitrogen and oxygen atoms in total. The molecule has 1 aliphatic heterocycles. The fourth-order valence-electron chi connectivity index (χ4n) is 4.96. The number of pyridine rings is 1. The van der Waals surface area contributed by atoms with E-state index in [4.69, 9.17) is 0 Å². The molecule has 0 bridgehead atoms. The first kappa shape index (κ1) is 18.2. The number of rotatable bonds is 3. The highest BCUT2D eigenvalue weighted by molar-refractivity contribution is 5.96. The quantitative estimate of drug-likeness (QED) is 0.744. The number of nitrogens with zero attached hydrogens (tertiary/aromatic N) is 5. The zero-order valence-electron chi connectivity index (χ0n) is 16.5. The third kappa shape index (κ3) is 3.51. The summed E-state index contributed by atoms with van der Waals surface area (Å²) in [6.07, 6.45) is 7.70. The molecule has 1 aromatic carbocycles. The molecule has 3 aromatic rings. The summed E-state index contributed by atoms with van der Waals surface area (Å²) in [6, 6.07) is 12.5. The minimum Gasteiger partial charge on any atom is -0.335 e. The third-order valence-corrected chi connectivity index (χ3v) is 6.50. The summed E-state index contributed by atoms with van der Waals surface area (Å²) in [5, 5.41) is 10.6. The monoisotopic (exact) mass is 390 g/mol. The molecule has 3 heterocycles. The first-order valence-electron chi connectivity index (χ1n) is 10.5. The van der Waals surface area contributed by atoms with Gasteiger partial charge in [0.15, 0.2) is 0 Å². The number of benzene rings is 1. The van der Waals surface area contributed by atoms with Crippen molar-refractivity contribution in [2.45, 2.75) is 44.2 Å². The van der Waals surface area contributed by atoms with E-state index in [-0.39, 0.29) is 11.4 Å². The van der Waals surface area contributed by atoms with Gasteiger partial charge < -0.3 is 4.90 Å². The molecule has 0 radical (unpaired) electrons. The van der Waals surface area contributed by atoms with Gasteiger partial charge in [0.2, 0.25) is 5.65 Å². The standard InChI is InChI=1S/C22H26N6O/c29-21(18-13-19-20(23-14-18)25-26-24-19)27-11-12-28(15-17-7-3-1-4-8-17)22(16-27)9-5-2-6-10-22/h1,3-4,7-8,13-14H,2,5-6,9-12,15-16H2,(H,23,24,25,26). The van der Waals surface area contributed by atoms with Crippen molar-refractivity contribution in [3.05, 3.63) is 53.7 Å². The molecule has 2 aliphatic rings. The summed E-state index contributed by atoms with van der Waals surface area (Å²) < 4.78 is 0. The van der Waals surface area contributed by atoms with Crippen molar-refractivity contribution in [1.82, 2.24) is 30.2 Å². The molecule has 5 rings (SSSR count). The van der Waals surface area contributed by atoms with E-state index in [0.29, 0.717) is 16.7 Å². The average molecular weight is 390 g/mol. The van der Waals surface area contributed by atoms with Gasteiger partial charge >= 0.3 is 0 Å². The van der Waals surface area contributed by atoms with Crippen LogP contribution in [-0.4, -0.2) is 61.3 Å². The van der Waals surface area contributed by atoms with E-state index in [1.165, 1.54) is 24.8 Å². The number of carbonyl (C=O) groups is 1. The molecule has 1 N–H and O–H groups in total. The maximum Gasteiger partial charge on any atom is 0.255 e. The van der Waals surface area contributed by atoms with Crippen molar-refractivity contribution in [3.8, 4) is 0 Å². The van der Waals surface area contributed by atoms with Gasteiger partial charge in [0.25, 0.3) is 5.91 Å². The topological polar surface area (TPSA) is 78.0 Å². The van der Waals surface area contributed by atoms with Crippen molar-refractivity contribution in [3.63, 3.8) is 0 Å². The van der Waals surface area contributed by atoms with Gasteiger partial charge in [-0.3, -0.25) is 9.69 Å². The SMILES string of the molecule is O=C(c1cnc2n[nH]nc2c1)N1CCN(Cc2ccccc2)C2(CCCCC2)C1. The Hall–Kier alpha value is -2.80. The molecule has 0 atom stereocenters. The smallest absolute Gasteiger partial charge is 0.255 e. The van der Waals surface area contributed by atoms with E-state index in [1.807, 2.05) is 4.90 Å². The Morgan fingerprint density at radius 3 is 2.72 bits per heavy atom. The summed E-state index contributed by atoms with van der Waals surface area (Å²) in [4.78, 5) is 22.2. The van der Waals surface area contributed by atoms with Crippen molar-refractivity contribution < 1.29 is 4.79 Å². The Balaban J connectivity index is 1.38. The zero-order chi connectivity index (χ0) is 19.7. The molecule has 0 unspecified atom stereocenters. The van der Waals surface area contributed by atoms with Crippen LogP contribution in [0.15, 0.2) is 42.6 Å². The van der Waals surface area contributed by atoms with Crippen LogP contribution < -0.4 is 0 Å². The highest BCUT2D eigenvalue weighted by Gasteiger charge is 2.43. The maximum absolute atomic E-state index is 13.3. The van der Waals surface area contributed by atoms with E-state index >= 15 is 0 Å². The van der Waals surface area contributed by atoms with Crippen LogP contribution in [0.4, 0.5) is 0 Å². The molecule has 2 aromatic heterocycles. The molecular formula is C22H26N6O. The number of piperazine rings is 1. The fraction of sp³-hybridized carbons (Fsp3) is 0.455. The lowest BCUT2D eigenvalue weighted by Crippen LogP contribution is -2.63. The fourth-order valence-corrected chi connectivity index (χ4v) is 4.96. The summed E-state index contributed by atoms with van der Waals surface area (Å²) >= 11 is 0. The lowest BCUT2D eigenvalue weighted by molar-refractivity contribution is -0.0252. The average Bonchev–Trinajstić information content (AvgIpc) is 3.24. The Morgan fingerprint density at radius 2 is 1.90 bits per heavy atom. The molecule has 2 fully saturated rings. The van der Waals surface area contributed by atoms with Gasteiger partial charge in [0.05, 0.1) is 5.56 Å². The second kappa shape index (κ2) is 7.55. The zero-order valence-corrected chi connectivity index (χ0v) is 16.5. The van der Waals surface area contributed by atoms with Crippen LogP contribution in [-0.2, 0) is 6.54 Å². The molecule has 1 spiro atoms. The highest BCUT2D eigenvalue weighted by Crippen LogP contribution is 2.38. The van der Waals surface area contributed by atoms with Gasteiger partial charge in [-0.05, 0) is 24.5 Å². The predicted octanol–water partition coefficient (Wildman–Crippen LogP) is 3.01. The Kier molecular flexibility index (Phi) is 4.75. The third-order valence-electron chi connectivity index (χ3n) is 6.50. The summed E-state index contributed by atoms with van der Waals surface area (Å²) in [6.45, 7) is 3.38. The number of amides is 1. The highest BCUT2D eigenvalue weighted by atomic mass is 16.2. The number of aromatic nitrogens is 4. The molecule has 7 heteroatoms. The van der Waals surface area contributed by atoms with Crippen LogP contribution in [0.2, 0.25) is 0 Å². The first-order chi connectivity index (χ1) is 14.2. The summed E-state index contributed by atoms with van der Waals surface area (Å²) in [5.41, 5.74) is 3.18. The van der Waals surface area contributed by atoms with Crippen LogP contribution in [0.5, 0.6) is 0 Å². The van der Waals surface area contributed by atoms with Crippen LogP contribution in [0.25, 0.3) is 11.2 Å². The summed E-state index contributed by atoms with van der Waals surface area (Å²) in [7, 11) is 0. The van der Waals surface area contributed by atoms with Crippen LogP contribution >= 0.6 is 0 Å². The number of H-pyrrole nitrogens is 1. The largest absolute Gasteiger partial charge is 0.335 e. The first-order valence-corrected chi connectivity index (χ1v) is 10.5. The Labute approximate surface area is 170 Å². The van der Waals surface area contributed by atoms with Gasteiger partial charge in [-0.15, -0.1) is 5.10 Å².